The third-order valence-corrected chi connectivity index (χ3v) is 13.3. The molecule has 0 radical (unpaired) electrons. The Morgan fingerprint density at radius 3 is 1.66 bits per heavy atom. The van der Waals surface area contributed by atoms with Crippen LogP contribution in [-0.4, -0.2) is 24.1 Å². The normalized spacial score (nSPS) is 11.9. The first-order valence-corrected chi connectivity index (χ1v) is 22.6. The van der Waals surface area contributed by atoms with E-state index in [0.29, 0.717) is 23.1 Å². The molecule has 10 aromatic carbocycles. The number of fused-ring (bicyclic) bond motifs is 10. The Hall–Kier alpha value is -9.13. The quantitative estimate of drug-likeness (QED) is 0.167. The summed E-state index contributed by atoms with van der Waals surface area (Å²) in [6.45, 7) is 0. The maximum absolute atomic E-state index is 6.97. The van der Waals surface area contributed by atoms with Gasteiger partial charge in [0.2, 0.25) is 0 Å². The van der Waals surface area contributed by atoms with E-state index in [0.717, 1.165) is 99.2 Å². The zero-order chi connectivity index (χ0) is 44.0. The Morgan fingerprint density at radius 2 is 0.881 bits per heavy atom. The van der Waals surface area contributed by atoms with Gasteiger partial charge in [-0.25, -0.2) is 15.0 Å². The predicted octanol–water partition coefficient (Wildman–Crippen LogP) is 15.8. The highest BCUT2D eigenvalue weighted by Crippen LogP contribution is 2.44. The van der Waals surface area contributed by atoms with Crippen molar-refractivity contribution in [1.29, 1.82) is 0 Å². The topological polar surface area (TPSA) is 61.7 Å². The number of benzene rings is 10. The molecule has 0 atom stereocenters. The van der Waals surface area contributed by atoms with Crippen LogP contribution >= 0.6 is 0 Å². The van der Waals surface area contributed by atoms with E-state index in [2.05, 4.69) is 215 Å². The monoisotopic (exact) mass is 855 g/mol. The van der Waals surface area contributed by atoms with Crippen molar-refractivity contribution >= 4 is 76.3 Å². The smallest absolute Gasteiger partial charge is 0.170 e. The molecule has 14 aromatic rings. The van der Waals surface area contributed by atoms with Gasteiger partial charge in [0.05, 0.1) is 33.3 Å². The molecule has 0 spiro atoms. The number of para-hydroxylation sites is 4. The van der Waals surface area contributed by atoms with Crippen molar-refractivity contribution in [1.82, 2.24) is 24.1 Å². The van der Waals surface area contributed by atoms with Gasteiger partial charge in [-0.2, -0.15) is 0 Å². The minimum Gasteiger partial charge on any atom is -0.455 e. The number of rotatable bonds is 6. The summed E-state index contributed by atoms with van der Waals surface area (Å²) < 4.78 is 11.7. The van der Waals surface area contributed by atoms with Crippen molar-refractivity contribution in [3.8, 4) is 56.7 Å². The van der Waals surface area contributed by atoms with E-state index in [1.54, 1.807) is 0 Å². The average molecular weight is 856 g/mol. The number of nitrogens with zero attached hydrogens (tertiary/aromatic N) is 5. The van der Waals surface area contributed by atoms with Gasteiger partial charge in [-0.15, -0.1) is 0 Å². The van der Waals surface area contributed by atoms with Gasteiger partial charge in [-0.1, -0.05) is 146 Å². The number of furan rings is 1. The highest BCUT2D eigenvalue weighted by molar-refractivity contribution is 6.16. The maximum Gasteiger partial charge on any atom is 0.170 e. The highest BCUT2D eigenvalue weighted by atomic mass is 16.3. The van der Waals surface area contributed by atoms with Crippen molar-refractivity contribution in [3.63, 3.8) is 0 Å². The molecule has 0 aliphatic heterocycles. The zero-order valence-corrected chi connectivity index (χ0v) is 36.0. The van der Waals surface area contributed by atoms with Crippen LogP contribution in [0.25, 0.3) is 133 Å². The summed E-state index contributed by atoms with van der Waals surface area (Å²) in [5.74, 6) is 1.65. The standard InChI is InChI=1S/C61H37N5O/c1-3-16-38(17-4-1)39-20-15-21-42(34-39)59-62-60(43-30-32-53-49(36-43)45-24-9-12-27-51(45)65(53)44-22-5-2-6-23-44)64-61(63-59)57-54(33-31-48-47-26-11-14-29-56(47)67-58(48)57)66-52-28-13-10-25-46(52)50-35-40-18-7-8-19-41(40)37-55(50)66/h1-37H. The average Bonchev–Trinajstić information content (AvgIpc) is 4.05. The van der Waals surface area contributed by atoms with Crippen LogP contribution in [0.15, 0.2) is 229 Å². The first-order valence-electron chi connectivity index (χ1n) is 22.6. The molecule has 0 bridgehead atoms. The van der Waals surface area contributed by atoms with Crippen molar-refractivity contribution in [2.45, 2.75) is 0 Å². The molecule has 0 saturated heterocycles. The van der Waals surface area contributed by atoms with E-state index in [9.17, 15) is 0 Å². The number of hydrogen-bond acceptors (Lipinski definition) is 4. The second-order valence-corrected chi connectivity index (χ2v) is 17.2. The Bertz CT molecular complexity index is 4280. The van der Waals surface area contributed by atoms with E-state index in [1.165, 1.54) is 10.8 Å². The van der Waals surface area contributed by atoms with Crippen LogP contribution in [0.1, 0.15) is 0 Å². The Morgan fingerprint density at radius 1 is 0.313 bits per heavy atom. The van der Waals surface area contributed by atoms with Gasteiger partial charge >= 0.3 is 0 Å². The predicted molar refractivity (Wildman–Crippen MR) is 275 cm³/mol. The Balaban J connectivity index is 1.08. The molecule has 0 saturated carbocycles. The van der Waals surface area contributed by atoms with E-state index in [4.69, 9.17) is 19.4 Å². The van der Waals surface area contributed by atoms with E-state index >= 15 is 0 Å². The van der Waals surface area contributed by atoms with Gasteiger partial charge in [-0.05, 0) is 101 Å². The van der Waals surface area contributed by atoms with Crippen molar-refractivity contribution in [2.75, 3.05) is 0 Å². The molecule has 0 amide bonds. The molecule has 312 valence electrons. The lowest BCUT2D eigenvalue weighted by atomic mass is 10.0. The molecule has 6 heteroatoms. The molecule has 14 rings (SSSR count). The molecule has 0 fully saturated rings. The van der Waals surface area contributed by atoms with Crippen LogP contribution < -0.4 is 0 Å². The Kier molecular flexibility index (Phi) is 8.18. The van der Waals surface area contributed by atoms with E-state index < -0.39 is 0 Å². The lowest BCUT2D eigenvalue weighted by Crippen LogP contribution is -2.04. The van der Waals surface area contributed by atoms with Crippen LogP contribution in [0.2, 0.25) is 0 Å². The van der Waals surface area contributed by atoms with Gasteiger partial charge in [-0.3, -0.25) is 0 Å². The summed E-state index contributed by atoms with van der Waals surface area (Å²) in [6, 6.07) is 79.1. The number of hydrogen-bond donors (Lipinski definition) is 0. The number of aromatic nitrogens is 5. The lowest BCUT2D eigenvalue weighted by Gasteiger charge is -2.15. The minimum absolute atomic E-state index is 0.517. The van der Waals surface area contributed by atoms with Crippen molar-refractivity contribution in [2.24, 2.45) is 0 Å². The van der Waals surface area contributed by atoms with E-state index in [1.807, 2.05) is 18.2 Å². The molecular formula is C61H37N5O. The summed E-state index contributed by atoms with van der Waals surface area (Å²) in [6.07, 6.45) is 0. The third-order valence-electron chi connectivity index (χ3n) is 13.3. The molecule has 0 aliphatic rings. The first-order chi connectivity index (χ1) is 33.2. The summed E-state index contributed by atoms with van der Waals surface area (Å²) in [4.78, 5) is 16.4. The molecule has 6 nitrogen and oxygen atoms in total. The van der Waals surface area contributed by atoms with Gasteiger partial charge in [0, 0.05) is 49.1 Å². The minimum atomic E-state index is 0.517. The maximum atomic E-state index is 6.97. The Labute approximate surface area is 384 Å². The summed E-state index contributed by atoms with van der Waals surface area (Å²) in [5.41, 5.74) is 12.7. The highest BCUT2D eigenvalue weighted by Gasteiger charge is 2.25. The first kappa shape index (κ1) is 37.3. The summed E-state index contributed by atoms with van der Waals surface area (Å²) >= 11 is 0. The van der Waals surface area contributed by atoms with Crippen molar-refractivity contribution in [3.05, 3.63) is 224 Å². The van der Waals surface area contributed by atoms with Crippen LogP contribution in [0.4, 0.5) is 0 Å². The van der Waals surface area contributed by atoms with Gasteiger partial charge in [0.25, 0.3) is 0 Å². The lowest BCUT2D eigenvalue weighted by molar-refractivity contribution is 0.669. The van der Waals surface area contributed by atoms with Gasteiger partial charge < -0.3 is 13.6 Å². The molecule has 67 heavy (non-hydrogen) atoms. The molecule has 0 aliphatic carbocycles. The van der Waals surface area contributed by atoms with Crippen LogP contribution in [0.5, 0.6) is 0 Å². The zero-order valence-electron chi connectivity index (χ0n) is 36.0. The molecule has 0 unspecified atom stereocenters. The van der Waals surface area contributed by atoms with Crippen LogP contribution in [0, 0.1) is 0 Å². The van der Waals surface area contributed by atoms with Crippen LogP contribution in [0.3, 0.4) is 0 Å². The SMILES string of the molecule is c1ccc(-c2cccc(-c3nc(-c4ccc5c(c4)c4ccccc4n5-c4ccccc4)nc(-c4c(-n5c6ccccc6c6cc7ccccc7cc65)ccc5c4oc4ccccc45)n3)c2)cc1. The fourth-order valence-corrected chi connectivity index (χ4v) is 10.3. The second-order valence-electron chi connectivity index (χ2n) is 17.2. The van der Waals surface area contributed by atoms with E-state index in [-0.39, 0.29) is 0 Å². The second kappa shape index (κ2) is 14.7. The van der Waals surface area contributed by atoms with Crippen molar-refractivity contribution < 1.29 is 4.42 Å². The van der Waals surface area contributed by atoms with Gasteiger partial charge in [0.15, 0.2) is 17.5 Å². The molecule has 4 heterocycles. The fourth-order valence-electron chi connectivity index (χ4n) is 10.3. The summed E-state index contributed by atoms with van der Waals surface area (Å²) in [7, 11) is 0. The van der Waals surface area contributed by atoms with Gasteiger partial charge in [0.1, 0.15) is 11.2 Å². The fraction of sp³-hybridized carbons (Fsp3) is 0. The largest absolute Gasteiger partial charge is 0.455 e. The molecular weight excluding hydrogens is 819 g/mol. The summed E-state index contributed by atoms with van der Waals surface area (Å²) in [5, 5.41) is 8.98. The van der Waals surface area contributed by atoms with Crippen LogP contribution in [-0.2, 0) is 0 Å². The molecule has 4 aromatic heterocycles. The third kappa shape index (κ3) is 5.86. The molecule has 0 N–H and O–H groups in total.